The van der Waals surface area contributed by atoms with Gasteiger partial charge in [0.15, 0.2) is 0 Å². The summed E-state index contributed by atoms with van der Waals surface area (Å²) in [5, 5.41) is 3.69. The number of hydrogen-bond donors (Lipinski definition) is 1. The normalized spacial score (nSPS) is 28.8. The fourth-order valence-corrected chi connectivity index (χ4v) is 1.79. The second-order valence-electron chi connectivity index (χ2n) is 3.75. The molecular formula is C10H21NO. The van der Waals surface area contributed by atoms with Crippen LogP contribution in [0.3, 0.4) is 0 Å². The van der Waals surface area contributed by atoms with E-state index in [9.17, 15) is 0 Å². The molecule has 0 aliphatic carbocycles. The van der Waals surface area contributed by atoms with Crippen molar-refractivity contribution in [3.05, 3.63) is 0 Å². The molecule has 0 spiro atoms. The van der Waals surface area contributed by atoms with Gasteiger partial charge in [-0.3, -0.25) is 0 Å². The summed E-state index contributed by atoms with van der Waals surface area (Å²) in [6.07, 6.45) is 3.50. The van der Waals surface area contributed by atoms with Gasteiger partial charge >= 0.3 is 0 Å². The van der Waals surface area contributed by atoms with E-state index >= 15 is 0 Å². The Hall–Kier alpha value is -0.0800. The highest BCUT2D eigenvalue weighted by Crippen LogP contribution is 2.20. The molecule has 1 atom stereocenters. The van der Waals surface area contributed by atoms with Crippen molar-refractivity contribution in [3.63, 3.8) is 0 Å². The summed E-state index contributed by atoms with van der Waals surface area (Å²) in [4.78, 5) is 0. The molecule has 0 saturated carbocycles. The molecule has 0 bridgehead atoms. The molecule has 1 saturated heterocycles. The van der Waals surface area contributed by atoms with Crippen molar-refractivity contribution in [1.29, 1.82) is 0 Å². The van der Waals surface area contributed by atoms with Crippen LogP contribution in [0.25, 0.3) is 0 Å². The average molecular weight is 171 g/mol. The van der Waals surface area contributed by atoms with Gasteiger partial charge in [-0.1, -0.05) is 20.8 Å². The summed E-state index contributed by atoms with van der Waals surface area (Å²) in [7, 11) is 0. The first-order chi connectivity index (χ1) is 5.76. The van der Waals surface area contributed by atoms with Gasteiger partial charge < -0.3 is 10.1 Å². The molecule has 2 heteroatoms. The molecule has 0 aromatic carbocycles. The van der Waals surface area contributed by atoms with Gasteiger partial charge in [0.25, 0.3) is 0 Å². The fraction of sp³-hybridized carbons (Fsp3) is 1.00. The summed E-state index contributed by atoms with van der Waals surface area (Å²) >= 11 is 0. The van der Waals surface area contributed by atoms with Crippen LogP contribution >= 0.6 is 0 Å². The van der Waals surface area contributed by atoms with Gasteiger partial charge in [-0.15, -0.1) is 0 Å². The first kappa shape index (κ1) is 10.0. The predicted octanol–water partition coefficient (Wildman–Crippen LogP) is 1.94. The number of morpholine rings is 1. The standard InChI is InChI=1S/C10H21NO/c1-4-9-7-12-8-10(5-2,6-3)11-9/h9,11H,4-8H2,1-3H3. The van der Waals surface area contributed by atoms with E-state index in [-0.39, 0.29) is 5.54 Å². The minimum Gasteiger partial charge on any atom is -0.378 e. The van der Waals surface area contributed by atoms with E-state index in [4.69, 9.17) is 4.74 Å². The molecule has 72 valence electrons. The highest BCUT2D eigenvalue weighted by Gasteiger charge is 2.32. The molecule has 1 N–H and O–H groups in total. The van der Waals surface area contributed by atoms with Crippen molar-refractivity contribution in [3.8, 4) is 0 Å². The highest BCUT2D eigenvalue weighted by molar-refractivity contribution is 4.91. The smallest absolute Gasteiger partial charge is 0.0648 e. The van der Waals surface area contributed by atoms with Crippen LogP contribution in [0, 0.1) is 0 Å². The van der Waals surface area contributed by atoms with E-state index in [1.165, 1.54) is 19.3 Å². The number of hydrogen-bond acceptors (Lipinski definition) is 2. The SMILES string of the molecule is CCC1COCC(CC)(CC)N1. The average Bonchev–Trinajstić information content (AvgIpc) is 2.18. The van der Waals surface area contributed by atoms with Gasteiger partial charge in [-0.2, -0.15) is 0 Å². The van der Waals surface area contributed by atoms with Crippen LogP contribution in [0.15, 0.2) is 0 Å². The summed E-state index contributed by atoms with van der Waals surface area (Å²) in [5.74, 6) is 0. The number of nitrogens with one attached hydrogen (secondary N) is 1. The number of rotatable bonds is 3. The second-order valence-corrected chi connectivity index (χ2v) is 3.75. The first-order valence-electron chi connectivity index (χ1n) is 5.11. The molecule has 1 rings (SSSR count). The third-order valence-electron chi connectivity index (χ3n) is 3.05. The monoisotopic (exact) mass is 171 g/mol. The third-order valence-corrected chi connectivity index (χ3v) is 3.05. The van der Waals surface area contributed by atoms with Gasteiger partial charge in [0.05, 0.1) is 13.2 Å². The summed E-state index contributed by atoms with van der Waals surface area (Å²) in [6, 6.07) is 0.568. The maximum absolute atomic E-state index is 5.61. The third kappa shape index (κ3) is 1.99. The van der Waals surface area contributed by atoms with Gasteiger partial charge in [-0.05, 0) is 19.3 Å². The molecule has 0 aromatic rings. The maximum Gasteiger partial charge on any atom is 0.0648 e. The zero-order chi connectivity index (χ0) is 9.03. The fourth-order valence-electron chi connectivity index (χ4n) is 1.79. The highest BCUT2D eigenvalue weighted by atomic mass is 16.5. The topological polar surface area (TPSA) is 21.3 Å². The maximum atomic E-state index is 5.61. The Bertz CT molecular complexity index is 132. The van der Waals surface area contributed by atoms with Gasteiger partial charge in [0.2, 0.25) is 0 Å². The molecular weight excluding hydrogens is 150 g/mol. The van der Waals surface area contributed by atoms with E-state index in [1.54, 1.807) is 0 Å². The Balaban J connectivity index is 2.52. The first-order valence-corrected chi connectivity index (χ1v) is 5.11. The Morgan fingerprint density at radius 2 is 2.00 bits per heavy atom. The van der Waals surface area contributed by atoms with Crippen molar-refractivity contribution >= 4 is 0 Å². The zero-order valence-corrected chi connectivity index (χ0v) is 8.52. The molecule has 0 aromatic heterocycles. The lowest BCUT2D eigenvalue weighted by Crippen LogP contribution is -2.58. The number of ether oxygens (including phenoxy) is 1. The van der Waals surface area contributed by atoms with Crippen molar-refractivity contribution in [2.45, 2.75) is 51.6 Å². The van der Waals surface area contributed by atoms with Crippen molar-refractivity contribution in [2.24, 2.45) is 0 Å². The van der Waals surface area contributed by atoms with Gasteiger partial charge in [-0.25, -0.2) is 0 Å². The summed E-state index contributed by atoms with van der Waals surface area (Å²) in [6.45, 7) is 8.45. The molecule has 12 heavy (non-hydrogen) atoms. The molecule has 0 radical (unpaired) electrons. The second kappa shape index (κ2) is 4.24. The van der Waals surface area contributed by atoms with Crippen LogP contribution in [0.5, 0.6) is 0 Å². The molecule has 2 nitrogen and oxygen atoms in total. The summed E-state index contributed by atoms with van der Waals surface area (Å²) in [5.41, 5.74) is 0.263. The van der Waals surface area contributed by atoms with Crippen LogP contribution in [0.4, 0.5) is 0 Å². The Morgan fingerprint density at radius 1 is 1.33 bits per heavy atom. The van der Waals surface area contributed by atoms with Crippen molar-refractivity contribution in [2.75, 3.05) is 13.2 Å². The van der Waals surface area contributed by atoms with Crippen LogP contribution in [0.2, 0.25) is 0 Å². The van der Waals surface area contributed by atoms with Gasteiger partial charge in [0.1, 0.15) is 0 Å². The predicted molar refractivity (Wildman–Crippen MR) is 51.3 cm³/mol. The molecule has 0 amide bonds. The molecule has 1 aliphatic heterocycles. The van der Waals surface area contributed by atoms with E-state index in [2.05, 4.69) is 26.1 Å². The van der Waals surface area contributed by atoms with E-state index in [0.717, 1.165) is 13.2 Å². The van der Waals surface area contributed by atoms with Crippen molar-refractivity contribution in [1.82, 2.24) is 5.32 Å². The van der Waals surface area contributed by atoms with Crippen molar-refractivity contribution < 1.29 is 4.74 Å². The van der Waals surface area contributed by atoms with Crippen LogP contribution in [-0.2, 0) is 4.74 Å². The largest absolute Gasteiger partial charge is 0.378 e. The lowest BCUT2D eigenvalue weighted by atomic mass is 9.91. The lowest BCUT2D eigenvalue weighted by molar-refractivity contribution is -0.00606. The van der Waals surface area contributed by atoms with E-state index < -0.39 is 0 Å². The Kier molecular flexibility index (Phi) is 3.53. The van der Waals surface area contributed by atoms with E-state index in [0.29, 0.717) is 6.04 Å². The molecule has 1 heterocycles. The minimum absolute atomic E-state index is 0.263. The van der Waals surface area contributed by atoms with Crippen LogP contribution in [0.1, 0.15) is 40.0 Å². The van der Waals surface area contributed by atoms with Crippen LogP contribution in [-0.4, -0.2) is 24.8 Å². The molecule has 1 aliphatic rings. The Labute approximate surface area is 75.7 Å². The quantitative estimate of drug-likeness (QED) is 0.700. The lowest BCUT2D eigenvalue weighted by Gasteiger charge is -2.41. The van der Waals surface area contributed by atoms with Crippen LogP contribution < -0.4 is 5.32 Å². The Morgan fingerprint density at radius 3 is 2.50 bits per heavy atom. The summed E-state index contributed by atoms with van der Waals surface area (Å²) < 4.78 is 5.61. The molecule has 1 fully saturated rings. The molecule has 1 unspecified atom stereocenters. The van der Waals surface area contributed by atoms with Gasteiger partial charge in [0, 0.05) is 11.6 Å². The zero-order valence-electron chi connectivity index (χ0n) is 8.52. The van der Waals surface area contributed by atoms with E-state index in [1.807, 2.05) is 0 Å². The minimum atomic E-state index is 0.263.